The molecular formula is C19H18ClN3O3. The Labute approximate surface area is 156 Å². The van der Waals surface area contributed by atoms with E-state index >= 15 is 0 Å². The van der Waals surface area contributed by atoms with Crippen LogP contribution in [0.5, 0.6) is 0 Å². The van der Waals surface area contributed by atoms with Gasteiger partial charge >= 0.3 is 5.97 Å². The second kappa shape index (κ2) is 5.71. The van der Waals surface area contributed by atoms with Gasteiger partial charge < -0.3 is 9.64 Å². The lowest BCUT2D eigenvalue weighted by molar-refractivity contribution is 0.00598. The van der Waals surface area contributed by atoms with Crippen molar-refractivity contribution in [3.05, 3.63) is 58.8 Å². The van der Waals surface area contributed by atoms with Crippen molar-refractivity contribution < 1.29 is 14.3 Å². The molecule has 134 valence electrons. The third-order valence-corrected chi connectivity index (χ3v) is 4.69. The zero-order chi connectivity index (χ0) is 18.6. The van der Waals surface area contributed by atoms with Crippen molar-refractivity contribution >= 4 is 23.5 Å². The fourth-order valence-corrected chi connectivity index (χ4v) is 3.63. The Morgan fingerprint density at radius 2 is 2.12 bits per heavy atom. The molecule has 1 aromatic carbocycles. The minimum absolute atomic E-state index is 0.191. The van der Waals surface area contributed by atoms with Gasteiger partial charge in [0.1, 0.15) is 11.9 Å². The monoisotopic (exact) mass is 371 g/mol. The van der Waals surface area contributed by atoms with Crippen LogP contribution in [0.25, 0.3) is 5.69 Å². The van der Waals surface area contributed by atoms with Gasteiger partial charge in [-0.15, -0.1) is 0 Å². The first-order chi connectivity index (χ1) is 12.3. The number of esters is 1. The Bertz CT molecular complexity index is 955. The number of aromatic nitrogens is 2. The summed E-state index contributed by atoms with van der Waals surface area (Å²) in [6.07, 6.45) is 5.79. The van der Waals surface area contributed by atoms with E-state index in [2.05, 4.69) is 4.98 Å². The van der Waals surface area contributed by atoms with E-state index in [4.69, 9.17) is 16.3 Å². The lowest BCUT2D eigenvalue weighted by Crippen LogP contribution is -2.29. The summed E-state index contributed by atoms with van der Waals surface area (Å²) >= 11 is 6.33. The van der Waals surface area contributed by atoms with Crippen molar-refractivity contribution in [3.8, 4) is 5.69 Å². The van der Waals surface area contributed by atoms with Crippen molar-refractivity contribution in [2.24, 2.45) is 0 Å². The van der Waals surface area contributed by atoms with Crippen LogP contribution in [0, 0.1) is 0 Å². The van der Waals surface area contributed by atoms with Gasteiger partial charge in [-0.25, -0.2) is 9.78 Å². The van der Waals surface area contributed by atoms with Gasteiger partial charge in [0, 0.05) is 6.20 Å². The Morgan fingerprint density at radius 1 is 1.35 bits per heavy atom. The molecule has 1 aromatic heterocycles. The minimum atomic E-state index is -0.636. The third-order valence-electron chi connectivity index (χ3n) is 4.37. The van der Waals surface area contributed by atoms with Gasteiger partial charge in [-0.3, -0.25) is 9.36 Å². The van der Waals surface area contributed by atoms with Gasteiger partial charge in [0.05, 0.1) is 28.0 Å². The van der Waals surface area contributed by atoms with Crippen LogP contribution in [-0.4, -0.2) is 31.9 Å². The largest absolute Gasteiger partial charge is 0.455 e. The maximum atomic E-state index is 13.1. The number of hydrogen-bond donors (Lipinski definition) is 0. The molecule has 2 aliphatic heterocycles. The summed E-state index contributed by atoms with van der Waals surface area (Å²) in [6, 6.07) is 4.94. The fraction of sp³-hybridized carbons (Fsp3) is 0.316. The Morgan fingerprint density at radius 3 is 2.85 bits per heavy atom. The molecule has 2 aromatic rings. The summed E-state index contributed by atoms with van der Waals surface area (Å²) in [5.41, 5.74) is 1.24. The van der Waals surface area contributed by atoms with Gasteiger partial charge in [0.2, 0.25) is 0 Å². The van der Waals surface area contributed by atoms with E-state index in [0.29, 0.717) is 28.4 Å². The van der Waals surface area contributed by atoms with E-state index in [1.807, 2.05) is 26.8 Å². The Kier molecular flexibility index (Phi) is 3.70. The van der Waals surface area contributed by atoms with Crippen LogP contribution in [0.4, 0.5) is 0 Å². The zero-order valence-electron chi connectivity index (χ0n) is 14.7. The van der Waals surface area contributed by atoms with Crippen molar-refractivity contribution in [1.82, 2.24) is 14.5 Å². The number of carbonyl (C=O) groups is 2. The van der Waals surface area contributed by atoms with Crippen molar-refractivity contribution in [3.63, 3.8) is 0 Å². The third kappa shape index (κ3) is 2.52. The topological polar surface area (TPSA) is 64.4 Å². The Hall–Kier alpha value is -2.60. The number of amides is 1. The first kappa shape index (κ1) is 16.8. The maximum Gasteiger partial charge on any atom is 0.359 e. The summed E-state index contributed by atoms with van der Waals surface area (Å²) in [5.74, 6) is -0.695. The molecule has 1 atom stereocenters. The van der Waals surface area contributed by atoms with Crippen LogP contribution in [-0.2, 0) is 4.74 Å². The molecule has 0 spiro atoms. The van der Waals surface area contributed by atoms with E-state index in [1.165, 1.54) is 0 Å². The predicted molar refractivity (Wildman–Crippen MR) is 96.4 cm³/mol. The highest BCUT2D eigenvalue weighted by molar-refractivity contribution is 6.34. The molecule has 2 aliphatic rings. The van der Waals surface area contributed by atoms with E-state index in [9.17, 15) is 9.59 Å². The average Bonchev–Trinajstić information content (AvgIpc) is 3.17. The van der Waals surface area contributed by atoms with Gasteiger partial charge in [0.25, 0.3) is 5.91 Å². The molecule has 0 N–H and O–H groups in total. The van der Waals surface area contributed by atoms with E-state index in [0.717, 1.165) is 0 Å². The number of carbonyl (C=O) groups excluding carboxylic acids is 2. The predicted octanol–water partition coefficient (Wildman–Crippen LogP) is 3.90. The second-order valence-electron chi connectivity index (χ2n) is 7.33. The van der Waals surface area contributed by atoms with Crippen LogP contribution in [0.3, 0.4) is 0 Å². The second-order valence-corrected chi connectivity index (χ2v) is 7.74. The molecule has 0 aliphatic carbocycles. The molecule has 3 heterocycles. The summed E-state index contributed by atoms with van der Waals surface area (Å²) in [4.78, 5) is 31.7. The summed E-state index contributed by atoms with van der Waals surface area (Å²) in [7, 11) is 0. The number of imidazole rings is 1. The molecular weight excluding hydrogens is 354 g/mol. The number of nitrogens with zero attached hydrogens (tertiary/aromatic N) is 3. The van der Waals surface area contributed by atoms with Crippen molar-refractivity contribution in [1.29, 1.82) is 0 Å². The molecule has 0 bridgehead atoms. The summed E-state index contributed by atoms with van der Waals surface area (Å²) in [6.45, 7) is 5.42. The molecule has 26 heavy (non-hydrogen) atoms. The number of rotatable bonds is 1. The fourth-order valence-electron chi connectivity index (χ4n) is 3.38. The van der Waals surface area contributed by atoms with Gasteiger partial charge in [-0.1, -0.05) is 23.7 Å². The molecule has 1 amide bonds. The standard InChI is InChI=1S/C19H18ClN3O3/c1-19(2,3)26-18(25)15-16-13-8-5-9-22(13)17(24)14-11(20)6-4-7-12(14)23(16)10-21-15/h4-7,9-10,13H,8H2,1-3H3/t13-/m0/s1. The number of hydrogen-bond acceptors (Lipinski definition) is 4. The number of halogens is 1. The quantitative estimate of drug-likeness (QED) is 0.713. The van der Waals surface area contributed by atoms with Crippen LogP contribution in [0.15, 0.2) is 36.8 Å². The van der Waals surface area contributed by atoms with E-state index < -0.39 is 11.6 Å². The van der Waals surface area contributed by atoms with Crippen molar-refractivity contribution in [2.45, 2.75) is 38.8 Å². The van der Waals surface area contributed by atoms with Crippen molar-refractivity contribution in [2.75, 3.05) is 0 Å². The first-order valence-corrected chi connectivity index (χ1v) is 8.74. The highest BCUT2D eigenvalue weighted by atomic mass is 35.5. The van der Waals surface area contributed by atoms with Crippen LogP contribution in [0.2, 0.25) is 5.02 Å². The SMILES string of the molecule is CC(C)(C)OC(=O)c1ncn2c1[C@@H]1CC=CN1C(=O)c1c(Cl)cccc1-2. The Balaban J connectivity index is 1.93. The summed E-state index contributed by atoms with van der Waals surface area (Å²) in [5, 5.41) is 0.368. The lowest BCUT2D eigenvalue weighted by Gasteiger charge is -2.23. The maximum absolute atomic E-state index is 13.1. The molecule has 7 heteroatoms. The van der Waals surface area contributed by atoms with E-state index in [1.54, 1.807) is 40.2 Å². The van der Waals surface area contributed by atoms with Gasteiger partial charge in [-0.2, -0.15) is 0 Å². The van der Waals surface area contributed by atoms with Gasteiger partial charge in [-0.05, 0) is 39.3 Å². The molecule has 0 saturated heterocycles. The molecule has 0 fully saturated rings. The molecule has 0 saturated carbocycles. The van der Waals surface area contributed by atoms with E-state index in [-0.39, 0.29) is 17.6 Å². The number of benzene rings is 1. The lowest BCUT2D eigenvalue weighted by atomic mass is 10.1. The van der Waals surface area contributed by atoms with Crippen LogP contribution < -0.4 is 0 Å². The minimum Gasteiger partial charge on any atom is -0.455 e. The highest BCUT2D eigenvalue weighted by Gasteiger charge is 2.39. The number of fused-ring (bicyclic) bond motifs is 5. The molecule has 0 unspecified atom stereocenters. The zero-order valence-corrected chi connectivity index (χ0v) is 15.4. The van der Waals surface area contributed by atoms with Gasteiger partial charge in [0.15, 0.2) is 5.69 Å². The molecule has 4 rings (SSSR count). The highest BCUT2D eigenvalue weighted by Crippen LogP contribution is 2.40. The first-order valence-electron chi connectivity index (χ1n) is 8.37. The normalized spacial score (nSPS) is 18.2. The molecule has 6 nitrogen and oxygen atoms in total. The molecule has 0 radical (unpaired) electrons. The van der Waals surface area contributed by atoms with Crippen LogP contribution >= 0.6 is 11.6 Å². The number of ether oxygens (including phenoxy) is 1. The average molecular weight is 372 g/mol. The summed E-state index contributed by atoms with van der Waals surface area (Å²) < 4.78 is 7.29. The van der Waals surface area contributed by atoms with Crippen LogP contribution in [0.1, 0.15) is 59.8 Å². The smallest absolute Gasteiger partial charge is 0.359 e.